The van der Waals surface area contributed by atoms with Crippen molar-refractivity contribution in [1.29, 1.82) is 0 Å². The van der Waals surface area contributed by atoms with Gasteiger partial charge in [-0.3, -0.25) is 0 Å². The molecule has 3 aromatic carbocycles. The second-order valence-electron chi connectivity index (χ2n) is 7.79. The van der Waals surface area contributed by atoms with Crippen molar-refractivity contribution in [3.63, 3.8) is 0 Å². The van der Waals surface area contributed by atoms with Gasteiger partial charge in [-0.15, -0.1) is 0 Å². The summed E-state index contributed by atoms with van der Waals surface area (Å²) in [5, 5.41) is 10.2. The Morgan fingerprint density at radius 2 is 1.75 bits per heavy atom. The first kappa shape index (κ1) is 21.5. The van der Waals surface area contributed by atoms with Gasteiger partial charge in [-0.2, -0.15) is 0 Å². The van der Waals surface area contributed by atoms with Crippen LogP contribution in [0.5, 0.6) is 11.5 Å². The lowest BCUT2D eigenvalue weighted by molar-refractivity contribution is 0.473. The van der Waals surface area contributed by atoms with E-state index in [1.54, 1.807) is 24.4 Å². The zero-order valence-electron chi connectivity index (χ0n) is 17.7. The fourth-order valence-electron chi connectivity index (χ4n) is 3.44. The Balaban J connectivity index is 1.70. The molecule has 7 heteroatoms. The van der Waals surface area contributed by atoms with E-state index in [9.17, 15) is 13.9 Å². The highest BCUT2D eigenvalue weighted by molar-refractivity contribution is 6.00. The third-order valence-corrected chi connectivity index (χ3v) is 5.21. The number of halogens is 3. The summed E-state index contributed by atoms with van der Waals surface area (Å²) in [5.41, 5.74) is 1.81. The van der Waals surface area contributed by atoms with E-state index in [1.807, 2.05) is 13.8 Å². The van der Waals surface area contributed by atoms with Crippen molar-refractivity contribution < 1.29 is 23.0 Å². The van der Waals surface area contributed by atoms with E-state index in [4.69, 9.17) is 4.74 Å². The Morgan fingerprint density at radius 1 is 0.969 bits per heavy atom. The van der Waals surface area contributed by atoms with Crippen LogP contribution in [0, 0.1) is 23.4 Å². The molecular weight excluding hydrogens is 417 g/mol. The lowest BCUT2D eigenvalue weighted by Crippen LogP contribution is -2.22. The Labute approximate surface area is 183 Å². The van der Waals surface area contributed by atoms with E-state index < -0.39 is 17.5 Å². The lowest BCUT2D eigenvalue weighted by atomic mass is 10.0. The van der Waals surface area contributed by atoms with Gasteiger partial charge < -0.3 is 14.7 Å². The highest BCUT2D eigenvalue weighted by Gasteiger charge is 2.25. The number of ether oxygens (including phenoxy) is 1. The average Bonchev–Trinajstić information content (AvgIpc) is 2.71. The van der Waals surface area contributed by atoms with E-state index >= 15 is 4.39 Å². The molecule has 0 spiro atoms. The quantitative estimate of drug-likeness (QED) is 0.490. The van der Waals surface area contributed by atoms with E-state index in [0.29, 0.717) is 22.7 Å². The minimum atomic E-state index is -0.902. The highest BCUT2D eigenvalue weighted by atomic mass is 19.1. The van der Waals surface area contributed by atoms with Gasteiger partial charge in [-0.05, 0) is 53.4 Å². The minimum absolute atomic E-state index is 0.127. The topological polar surface area (TPSA) is 45.1 Å². The lowest BCUT2D eigenvalue weighted by Gasteiger charge is -2.24. The van der Waals surface area contributed by atoms with Crippen LogP contribution in [0.2, 0.25) is 0 Å². The zero-order chi connectivity index (χ0) is 23.0. The van der Waals surface area contributed by atoms with Gasteiger partial charge in [0, 0.05) is 30.6 Å². The van der Waals surface area contributed by atoms with Gasteiger partial charge in [0.05, 0.1) is 0 Å². The number of hydrogen-bond acceptors (Lipinski definition) is 4. The van der Waals surface area contributed by atoms with Crippen molar-refractivity contribution in [3.05, 3.63) is 83.8 Å². The first-order valence-corrected chi connectivity index (χ1v) is 10.0. The molecule has 0 amide bonds. The average molecular weight is 438 g/mol. The Morgan fingerprint density at radius 3 is 2.41 bits per heavy atom. The summed E-state index contributed by atoms with van der Waals surface area (Å²) in [5.74, 6) is -1.98. The fourth-order valence-corrected chi connectivity index (χ4v) is 3.44. The monoisotopic (exact) mass is 438 g/mol. The normalized spacial score (nSPS) is 12.8. The summed E-state index contributed by atoms with van der Waals surface area (Å²) in [6.45, 7) is 3.92. The number of aromatic hydroxyl groups is 1. The maximum Gasteiger partial charge on any atom is 0.224 e. The smallest absolute Gasteiger partial charge is 0.224 e. The molecule has 0 aromatic heterocycles. The van der Waals surface area contributed by atoms with Crippen molar-refractivity contribution in [2.24, 2.45) is 10.9 Å². The van der Waals surface area contributed by atoms with Crippen LogP contribution in [0.4, 0.5) is 24.5 Å². The molecule has 1 aliphatic heterocycles. The van der Waals surface area contributed by atoms with Crippen molar-refractivity contribution >= 4 is 17.3 Å². The number of anilines is 2. The van der Waals surface area contributed by atoms with Crippen LogP contribution >= 0.6 is 0 Å². The van der Waals surface area contributed by atoms with Gasteiger partial charge in [0.2, 0.25) is 5.90 Å². The summed E-state index contributed by atoms with van der Waals surface area (Å²) in [4.78, 5) is 5.29. The molecule has 1 heterocycles. The predicted octanol–water partition coefficient (Wildman–Crippen LogP) is 6.58. The molecule has 0 bridgehead atoms. The van der Waals surface area contributed by atoms with Gasteiger partial charge in [-0.25, -0.2) is 18.2 Å². The number of phenols is 1. The number of nitrogens with zero attached hydrogens (tertiary/aromatic N) is 2. The van der Waals surface area contributed by atoms with E-state index in [1.165, 1.54) is 42.3 Å². The predicted molar refractivity (Wildman–Crippen MR) is 119 cm³/mol. The number of rotatable bonds is 5. The molecule has 4 nitrogen and oxygen atoms in total. The van der Waals surface area contributed by atoms with Gasteiger partial charge >= 0.3 is 0 Å². The first-order valence-electron chi connectivity index (χ1n) is 10.0. The van der Waals surface area contributed by atoms with Crippen LogP contribution in [-0.2, 0) is 0 Å². The van der Waals surface area contributed by atoms with E-state index in [2.05, 4.69) is 4.99 Å². The maximum atomic E-state index is 15.3. The summed E-state index contributed by atoms with van der Waals surface area (Å²) < 4.78 is 49.2. The number of hydrogen-bond donors (Lipinski definition) is 1. The molecule has 32 heavy (non-hydrogen) atoms. The Kier molecular flexibility index (Phi) is 5.65. The Bertz CT molecular complexity index is 1250. The first-order chi connectivity index (χ1) is 15.2. The third kappa shape index (κ3) is 4.06. The summed E-state index contributed by atoms with van der Waals surface area (Å²) in [6, 6.07) is 12.6. The van der Waals surface area contributed by atoms with Crippen LogP contribution in [0.3, 0.4) is 0 Å². The fraction of sp³-hybridized carbons (Fsp3) is 0.160. The van der Waals surface area contributed by atoms with Gasteiger partial charge in [-0.1, -0.05) is 26.0 Å². The molecule has 1 N–H and O–H groups in total. The SMILES string of the molecule is CC(C)C1=CN=C1Oc1ccc(F)c(N(C)c2cc(O)cc(-c3cccc(F)c3)c2)c1F. The molecular formula is C25H21F3N2O2. The standard InChI is InChI=1S/C25H21F3N2O2/c1-14(2)20-13-29-25(20)32-22-8-7-21(27)24(23(22)28)30(3)18-10-16(11-19(31)12-18)15-5-4-6-17(26)9-15/h4-14,31H,1-3H3. The summed E-state index contributed by atoms with van der Waals surface area (Å²) in [6.07, 6.45) is 1.65. The van der Waals surface area contributed by atoms with Crippen LogP contribution in [-0.4, -0.2) is 18.1 Å². The molecule has 3 aromatic rings. The molecule has 0 radical (unpaired) electrons. The van der Waals surface area contributed by atoms with E-state index in [0.717, 1.165) is 11.6 Å². The van der Waals surface area contributed by atoms with Crippen molar-refractivity contribution in [1.82, 2.24) is 0 Å². The summed E-state index contributed by atoms with van der Waals surface area (Å²) in [7, 11) is 1.47. The minimum Gasteiger partial charge on any atom is -0.508 e. The molecule has 4 rings (SSSR count). The molecule has 1 aliphatic rings. The summed E-state index contributed by atoms with van der Waals surface area (Å²) >= 11 is 0. The maximum absolute atomic E-state index is 15.3. The Hall–Kier alpha value is -3.74. The zero-order valence-corrected chi connectivity index (χ0v) is 17.7. The van der Waals surface area contributed by atoms with Crippen LogP contribution in [0.25, 0.3) is 11.1 Å². The van der Waals surface area contributed by atoms with Crippen molar-refractivity contribution in [2.75, 3.05) is 11.9 Å². The largest absolute Gasteiger partial charge is 0.508 e. The molecule has 0 unspecified atom stereocenters. The number of aliphatic imine (C=N–C) groups is 1. The number of phenolic OH excluding ortho intramolecular Hbond substituents is 1. The van der Waals surface area contributed by atoms with Gasteiger partial charge in [0.15, 0.2) is 11.6 Å². The molecule has 0 saturated heterocycles. The second kappa shape index (κ2) is 8.42. The van der Waals surface area contributed by atoms with Gasteiger partial charge in [0.1, 0.15) is 23.1 Å². The van der Waals surface area contributed by atoms with Crippen LogP contribution in [0.1, 0.15) is 13.8 Å². The van der Waals surface area contributed by atoms with Gasteiger partial charge in [0.25, 0.3) is 0 Å². The van der Waals surface area contributed by atoms with Crippen molar-refractivity contribution in [3.8, 4) is 22.6 Å². The number of benzene rings is 3. The molecule has 0 atom stereocenters. The van der Waals surface area contributed by atoms with Crippen LogP contribution < -0.4 is 9.64 Å². The second-order valence-corrected chi connectivity index (χ2v) is 7.79. The highest BCUT2D eigenvalue weighted by Crippen LogP contribution is 2.38. The van der Waals surface area contributed by atoms with Crippen molar-refractivity contribution in [2.45, 2.75) is 13.8 Å². The third-order valence-electron chi connectivity index (χ3n) is 5.21. The molecule has 164 valence electrons. The van der Waals surface area contributed by atoms with Crippen LogP contribution in [0.15, 0.2) is 71.4 Å². The van der Waals surface area contributed by atoms with E-state index in [-0.39, 0.29) is 23.1 Å². The molecule has 0 saturated carbocycles. The molecule has 0 fully saturated rings. The molecule has 0 aliphatic carbocycles.